The fourth-order valence-electron chi connectivity index (χ4n) is 1.01. The van der Waals surface area contributed by atoms with E-state index in [1.165, 1.54) is 11.8 Å². The van der Waals surface area contributed by atoms with E-state index in [1.807, 2.05) is 6.92 Å². The second-order valence-electron chi connectivity index (χ2n) is 2.65. The van der Waals surface area contributed by atoms with Crippen molar-refractivity contribution in [3.8, 4) is 0 Å². The van der Waals surface area contributed by atoms with Gasteiger partial charge in [-0.25, -0.2) is 0 Å². The lowest BCUT2D eigenvalue weighted by Crippen LogP contribution is -2.12. The molecule has 8 heteroatoms. The van der Waals surface area contributed by atoms with Gasteiger partial charge < -0.3 is 9.05 Å². The molecule has 0 bridgehead atoms. The zero-order chi connectivity index (χ0) is 11.6. The van der Waals surface area contributed by atoms with Crippen LogP contribution in [0.15, 0.2) is 0 Å². The van der Waals surface area contributed by atoms with Gasteiger partial charge in [0.25, 0.3) is 0 Å². The van der Waals surface area contributed by atoms with Crippen LogP contribution < -0.4 is 5.44 Å². The molecule has 86 valence electrons. The number of aryl methyl sites for hydroxylation is 1. The van der Waals surface area contributed by atoms with Crippen molar-refractivity contribution in [1.29, 1.82) is 0 Å². The molecule has 0 amide bonds. The fraction of sp³-hybridized carbons (Fsp3) is 0.571. The smallest absolute Gasteiger partial charge is 0.241 e. The molecule has 1 atom stereocenters. The predicted molar refractivity (Wildman–Crippen MR) is 65.8 cm³/mol. The molecule has 0 N–H and O–H groups in total. The summed E-state index contributed by atoms with van der Waals surface area (Å²) in [6.07, 6.45) is 0. The summed E-state index contributed by atoms with van der Waals surface area (Å²) in [5, 5.41) is 4.75. The Morgan fingerprint density at radius 3 is 2.47 bits per heavy atom. The first-order chi connectivity index (χ1) is 6.96. The van der Waals surface area contributed by atoms with E-state index in [0.29, 0.717) is 22.2 Å². The highest BCUT2D eigenvalue weighted by Gasteiger charge is 2.29. The molecule has 1 aromatic heterocycles. The second kappa shape index (κ2) is 5.13. The van der Waals surface area contributed by atoms with Gasteiger partial charge in [-0.15, -0.1) is 0 Å². The lowest BCUT2D eigenvalue weighted by molar-refractivity contribution is 0.303. The van der Waals surface area contributed by atoms with Crippen LogP contribution in [0.1, 0.15) is 6.92 Å². The third-order valence-corrected chi connectivity index (χ3v) is 5.92. The van der Waals surface area contributed by atoms with Crippen molar-refractivity contribution in [1.82, 2.24) is 9.78 Å². The molecule has 1 rings (SSSR count). The minimum atomic E-state index is -2.61. The standard InChI is InChI=1S/C7H11Cl2N2O2PS/c1-4-13-14(15,12-3)7-5(8)6(9)11(2)10-7/h4H2,1-3H3. The Kier molecular flexibility index (Phi) is 4.59. The van der Waals surface area contributed by atoms with Gasteiger partial charge in [-0.3, -0.25) is 4.68 Å². The van der Waals surface area contributed by atoms with Gasteiger partial charge in [0, 0.05) is 14.2 Å². The van der Waals surface area contributed by atoms with Crippen LogP contribution in [0.3, 0.4) is 0 Å². The molecule has 1 unspecified atom stereocenters. The van der Waals surface area contributed by atoms with Crippen LogP contribution in [0.2, 0.25) is 10.2 Å². The molecule has 1 heterocycles. The van der Waals surface area contributed by atoms with E-state index in [-0.39, 0.29) is 0 Å². The largest absolute Gasteiger partial charge is 0.328 e. The molecule has 0 aromatic carbocycles. The van der Waals surface area contributed by atoms with Crippen LogP contribution in [-0.4, -0.2) is 23.5 Å². The lowest BCUT2D eigenvalue weighted by atomic mass is 10.7. The minimum absolute atomic E-state index is 0.304. The maximum Gasteiger partial charge on any atom is 0.241 e. The first kappa shape index (κ1) is 13.4. The molecule has 0 saturated carbocycles. The summed E-state index contributed by atoms with van der Waals surface area (Å²) in [5.74, 6) is 0. The van der Waals surface area contributed by atoms with Crippen molar-refractivity contribution in [3.05, 3.63) is 10.2 Å². The lowest BCUT2D eigenvalue weighted by Gasteiger charge is -2.16. The molecule has 4 nitrogen and oxygen atoms in total. The number of aromatic nitrogens is 2. The summed E-state index contributed by atoms with van der Waals surface area (Å²) in [4.78, 5) is 0. The first-order valence-electron chi connectivity index (χ1n) is 4.15. The minimum Gasteiger partial charge on any atom is -0.328 e. The first-order valence-corrected chi connectivity index (χ1v) is 7.54. The van der Waals surface area contributed by atoms with Crippen molar-refractivity contribution in [2.24, 2.45) is 7.05 Å². The molecule has 0 radical (unpaired) electrons. The second-order valence-corrected chi connectivity index (χ2v) is 6.87. The highest BCUT2D eigenvalue weighted by Crippen LogP contribution is 2.48. The average molecular weight is 289 g/mol. The Balaban J connectivity index is 3.24. The van der Waals surface area contributed by atoms with Crippen molar-refractivity contribution in [2.75, 3.05) is 13.7 Å². The Hall–Kier alpha value is 0.360. The zero-order valence-corrected chi connectivity index (χ0v) is 11.8. The van der Waals surface area contributed by atoms with E-state index in [2.05, 4.69) is 5.10 Å². The summed E-state index contributed by atoms with van der Waals surface area (Å²) in [7, 11) is 3.16. The van der Waals surface area contributed by atoms with Gasteiger partial charge in [0.05, 0.1) is 6.61 Å². The molecule has 0 spiro atoms. The number of rotatable bonds is 4. The van der Waals surface area contributed by atoms with E-state index >= 15 is 0 Å². The number of hydrogen-bond donors (Lipinski definition) is 0. The maximum atomic E-state index is 6.00. The number of halogens is 2. The van der Waals surface area contributed by atoms with E-state index in [0.717, 1.165) is 0 Å². The summed E-state index contributed by atoms with van der Waals surface area (Å²) < 4.78 is 12.0. The van der Waals surface area contributed by atoms with E-state index in [4.69, 9.17) is 44.1 Å². The normalized spacial score (nSPS) is 15.3. The summed E-state index contributed by atoms with van der Waals surface area (Å²) in [6, 6.07) is 0. The van der Waals surface area contributed by atoms with Gasteiger partial charge in [0.1, 0.15) is 10.2 Å². The summed E-state index contributed by atoms with van der Waals surface area (Å²) in [5.41, 5.74) is 0.413. The topological polar surface area (TPSA) is 36.3 Å². The molecule has 0 aliphatic rings. The van der Waals surface area contributed by atoms with Gasteiger partial charge in [0.2, 0.25) is 6.49 Å². The van der Waals surface area contributed by atoms with Gasteiger partial charge >= 0.3 is 0 Å². The number of hydrogen-bond acceptors (Lipinski definition) is 4. The summed E-state index contributed by atoms with van der Waals surface area (Å²) >= 11 is 17.2. The van der Waals surface area contributed by atoms with E-state index in [9.17, 15) is 0 Å². The Morgan fingerprint density at radius 2 is 2.13 bits per heavy atom. The Labute approximate surface area is 104 Å². The quantitative estimate of drug-likeness (QED) is 0.797. The molecule has 0 aliphatic heterocycles. The predicted octanol–water partition coefficient (Wildman–Crippen LogP) is 2.34. The molecule has 0 aliphatic carbocycles. The Bertz CT molecular complexity index is 410. The highest BCUT2D eigenvalue weighted by molar-refractivity contribution is 8.13. The van der Waals surface area contributed by atoms with Gasteiger partial charge in [-0.1, -0.05) is 23.2 Å². The van der Waals surface area contributed by atoms with Crippen LogP contribution >= 0.6 is 29.7 Å². The molecule has 1 aromatic rings. The monoisotopic (exact) mass is 288 g/mol. The molecular weight excluding hydrogens is 278 g/mol. The molecule has 15 heavy (non-hydrogen) atoms. The van der Waals surface area contributed by atoms with Gasteiger partial charge in [-0.2, -0.15) is 5.10 Å². The van der Waals surface area contributed by atoms with Gasteiger partial charge in [0.15, 0.2) is 5.44 Å². The van der Waals surface area contributed by atoms with E-state index in [1.54, 1.807) is 7.05 Å². The van der Waals surface area contributed by atoms with Crippen molar-refractivity contribution >= 4 is 46.9 Å². The molecule has 0 fully saturated rings. The van der Waals surface area contributed by atoms with Crippen molar-refractivity contribution in [2.45, 2.75) is 6.92 Å². The van der Waals surface area contributed by atoms with Gasteiger partial charge in [-0.05, 0) is 18.7 Å². The van der Waals surface area contributed by atoms with Crippen molar-refractivity contribution < 1.29 is 9.05 Å². The maximum absolute atomic E-state index is 6.00. The SMILES string of the molecule is CCOP(=S)(OC)c1nn(C)c(Cl)c1Cl. The van der Waals surface area contributed by atoms with E-state index < -0.39 is 6.49 Å². The molecule has 0 saturated heterocycles. The van der Waals surface area contributed by atoms with Crippen LogP contribution in [0, 0.1) is 0 Å². The highest BCUT2D eigenvalue weighted by atomic mass is 35.5. The van der Waals surface area contributed by atoms with Crippen LogP contribution in [0.4, 0.5) is 0 Å². The Morgan fingerprint density at radius 1 is 1.53 bits per heavy atom. The van der Waals surface area contributed by atoms with Crippen LogP contribution in [-0.2, 0) is 27.9 Å². The van der Waals surface area contributed by atoms with Crippen molar-refractivity contribution in [3.63, 3.8) is 0 Å². The summed E-state index contributed by atoms with van der Waals surface area (Å²) in [6.45, 7) is -0.339. The third-order valence-electron chi connectivity index (χ3n) is 1.71. The van der Waals surface area contributed by atoms with Crippen LogP contribution in [0.25, 0.3) is 0 Å². The molecular formula is C7H11Cl2N2O2PS. The third kappa shape index (κ3) is 2.54. The average Bonchev–Trinajstić information content (AvgIpc) is 2.47. The van der Waals surface area contributed by atoms with Crippen LogP contribution in [0.5, 0.6) is 0 Å². The number of nitrogens with zero attached hydrogens (tertiary/aromatic N) is 2. The fourth-order valence-corrected chi connectivity index (χ4v) is 3.88. The zero-order valence-electron chi connectivity index (χ0n) is 8.53.